The molecule has 1 unspecified atom stereocenters. The molecule has 0 fully saturated rings. The summed E-state index contributed by atoms with van der Waals surface area (Å²) in [4.78, 5) is 12.1. The smallest absolute Gasteiger partial charge is 0.232 e. The van der Waals surface area contributed by atoms with Crippen LogP contribution in [0.25, 0.3) is 0 Å². The molecule has 1 amide bonds. The number of rotatable bonds is 8. The summed E-state index contributed by atoms with van der Waals surface area (Å²) in [6.07, 6.45) is 1.77. The molecule has 0 aliphatic rings. The zero-order chi connectivity index (χ0) is 16.5. The predicted octanol–water partition coefficient (Wildman–Crippen LogP) is 4.71. The van der Waals surface area contributed by atoms with Crippen LogP contribution in [0.3, 0.4) is 0 Å². The van der Waals surface area contributed by atoms with Gasteiger partial charge in [-0.25, -0.2) is 0 Å². The Bertz CT molecular complexity index is 618. The molecule has 2 aromatic carbocycles. The second-order valence-corrected chi connectivity index (χ2v) is 7.16. The molecular formula is C19H22ClNOS. The highest BCUT2D eigenvalue weighted by molar-refractivity contribution is 7.99. The molecule has 4 heteroatoms. The first-order valence-corrected chi connectivity index (χ1v) is 9.26. The lowest BCUT2D eigenvalue weighted by atomic mass is 10.1. The fourth-order valence-electron chi connectivity index (χ4n) is 2.21. The lowest BCUT2D eigenvalue weighted by Crippen LogP contribution is -2.31. The van der Waals surface area contributed by atoms with Gasteiger partial charge in [-0.15, -0.1) is 11.8 Å². The number of hydrogen-bond acceptors (Lipinski definition) is 2. The molecule has 0 aromatic heterocycles. The third-order valence-electron chi connectivity index (χ3n) is 3.59. The highest BCUT2D eigenvalue weighted by Gasteiger charge is 2.12. The van der Waals surface area contributed by atoms with Gasteiger partial charge >= 0.3 is 0 Å². The minimum Gasteiger partial charge on any atom is -0.355 e. The quantitative estimate of drug-likeness (QED) is 0.700. The molecule has 0 saturated heterocycles. The Hall–Kier alpha value is -1.45. The minimum absolute atomic E-state index is 0.0458. The van der Waals surface area contributed by atoms with Crippen LogP contribution in [0.1, 0.15) is 24.5 Å². The lowest BCUT2D eigenvalue weighted by molar-refractivity contribution is -0.120. The topological polar surface area (TPSA) is 29.1 Å². The molecule has 0 saturated carbocycles. The number of amides is 1. The molecule has 1 atom stereocenters. The summed E-state index contributed by atoms with van der Waals surface area (Å²) in [5, 5.41) is 3.76. The first-order valence-electron chi connectivity index (χ1n) is 7.83. The van der Waals surface area contributed by atoms with Gasteiger partial charge < -0.3 is 5.32 Å². The molecule has 122 valence electrons. The fourth-order valence-corrected chi connectivity index (χ4v) is 3.31. The number of carbonyl (C=O) groups is 1. The summed E-state index contributed by atoms with van der Waals surface area (Å²) in [6, 6.07) is 18.1. The van der Waals surface area contributed by atoms with Gasteiger partial charge in [0.1, 0.15) is 0 Å². The van der Waals surface area contributed by atoms with Crippen molar-refractivity contribution in [2.45, 2.75) is 30.8 Å². The van der Waals surface area contributed by atoms with Crippen molar-refractivity contribution in [3.63, 3.8) is 0 Å². The Morgan fingerprint density at radius 2 is 1.83 bits per heavy atom. The van der Waals surface area contributed by atoms with Crippen LogP contribution in [0.5, 0.6) is 0 Å². The number of benzene rings is 2. The van der Waals surface area contributed by atoms with Crippen molar-refractivity contribution in [1.82, 2.24) is 5.32 Å². The van der Waals surface area contributed by atoms with E-state index in [-0.39, 0.29) is 11.2 Å². The van der Waals surface area contributed by atoms with E-state index in [0.717, 1.165) is 29.2 Å². The summed E-state index contributed by atoms with van der Waals surface area (Å²) >= 11 is 7.79. The van der Waals surface area contributed by atoms with Gasteiger partial charge in [0.15, 0.2) is 0 Å². The summed E-state index contributed by atoms with van der Waals surface area (Å²) in [5.74, 6) is 0.958. The van der Waals surface area contributed by atoms with Crippen molar-refractivity contribution < 1.29 is 4.79 Å². The lowest BCUT2D eigenvalue weighted by Gasteiger charge is -2.12. The fraction of sp³-hybridized carbons (Fsp3) is 0.316. The van der Waals surface area contributed by atoms with Crippen molar-refractivity contribution in [2.75, 3.05) is 6.54 Å². The second-order valence-electron chi connectivity index (χ2n) is 5.42. The number of aryl methyl sites for hydroxylation is 1. The van der Waals surface area contributed by atoms with E-state index in [9.17, 15) is 4.79 Å². The molecule has 0 aliphatic heterocycles. The first kappa shape index (κ1) is 17.9. The molecule has 23 heavy (non-hydrogen) atoms. The third kappa shape index (κ3) is 6.28. The predicted molar refractivity (Wildman–Crippen MR) is 100.0 cm³/mol. The van der Waals surface area contributed by atoms with Crippen LogP contribution in [0.15, 0.2) is 54.6 Å². The van der Waals surface area contributed by atoms with Gasteiger partial charge in [-0.3, -0.25) is 4.79 Å². The van der Waals surface area contributed by atoms with Gasteiger partial charge in [0.25, 0.3) is 0 Å². The Balaban J connectivity index is 1.65. The van der Waals surface area contributed by atoms with E-state index < -0.39 is 0 Å². The van der Waals surface area contributed by atoms with Crippen molar-refractivity contribution in [3.8, 4) is 0 Å². The van der Waals surface area contributed by atoms with E-state index in [1.54, 1.807) is 11.8 Å². The SMILES string of the molecule is CC(SCc1ccccc1)C(=O)NCCCc1ccccc1Cl. The number of halogens is 1. The normalized spacial score (nSPS) is 11.9. The zero-order valence-electron chi connectivity index (χ0n) is 13.3. The number of hydrogen-bond donors (Lipinski definition) is 1. The van der Waals surface area contributed by atoms with Crippen LogP contribution in [-0.4, -0.2) is 17.7 Å². The zero-order valence-corrected chi connectivity index (χ0v) is 14.9. The van der Waals surface area contributed by atoms with Gasteiger partial charge in [0.2, 0.25) is 5.91 Å². The highest BCUT2D eigenvalue weighted by Crippen LogP contribution is 2.18. The standard InChI is InChI=1S/C19H22ClNOS/c1-15(23-14-16-8-3-2-4-9-16)19(22)21-13-7-11-17-10-5-6-12-18(17)20/h2-6,8-10,12,15H,7,11,13-14H2,1H3,(H,21,22). The summed E-state index contributed by atoms with van der Waals surface area (Å²) in [7, 11) is 0. The maximum absolute atomic E-state index is 12.1. The van der Waals surface area contributed by atoms with E-state index in [4.69, 9.17) is 11.6 Å². The van der Waals surface area contributed by atoms with Gasteiger partial charge in [-0.05, 0) is 37.0 Å². The summed E-state index contributed by atoms with van der Waals surface area (Å²) in [5.41, 5.74) is 2.38. The molecule has 2 nitrogen and oxygen atoms in total. The molecule has 0 spiro atoms. The molecule has 0 aliphatic carbocycles. The van der Waals surface area contributed by atoms with Crippen molar-refractivity contribution >= 4 is 29.3 Å². The second kappa shape index (κ2) is 9.64. The Morgan fingerprint density at radius 3 is 2.57 bits per heavy atom. The van der Waals surface area contributed by atoms with Crippen molar-refractivity contribution in [2.24, 2.45) is 0 Å². The average molecular weight is 348 g/mol. The van der Waals surface area contributed by atoms with Crippen molar-refractivity contribution in [1.29, 1.82) is 0 Å². The Labute approximate surface area is 147 Å². The number of nitrogens with one attached hydrogen (secondary N) is 1. The van der Waals surface area contributed by atoms with Crippen LogP contribution < -0.4 is 5.32 Å². The molecule has 0 heterocycles. The average Bonchev–Trinajstić information content (AvgIpc) is 2.58. The molecule has 2 aromatic rings. The molecule has 2 rings (SSSR count). The monoisotopic (exact) mass is 347 g/mol. The summed E-state index contributed by atoms with van der Waals surface area (Å²) < 4.78 is 0. The van der Waals surface area contributed by atoms with Crippen LogP contribution in [0, 0.1) is 0 Å². The van der Waals surface area contributed by atoms with Gasteiger partial charge in [-0.1, -0.05) is 60.1 Å². The minimum atomic E-state index is -0.0458. The Kier molecular flexibility index (Phi) is 7.50. The van der Waals surface area contributed by atoms with Gasteiger partial charge in [0, 0.05) is 17.3 Å². The van der Waals surface area contributed by atoms with Gasteiger partial charge in [-0.2, -0.15) is 0 Å². The molecule has 1 N–H and O–H groups in total. The third-order valence-corrected chi connectivity index (χ3v) is 5.17. The van der Waals surface area contributed by atoms with E-state index in [1.165, 1.54) is 5.56 Å². The van der Waals surface area contributed by atoms with Crippen LogP contribution in [0.2, 0.25) is 5.02 Å². The van der Waals surface area contributed by atoms with Crippen molar-refractivity contribution in [3.05, 3.63) is 70.7 Å². The number of carbonyl (C=O) groups excluding carboxylic acids is 1. The number of thioether (sulfide) groups is 1. The molecular weight excluding hydrogens is 326 g/mol. The first-order chi connectivity index (χ1) is 11.2. The van der Waals surface area contributed by atoms with Crippen LogP contribution in [0.4, 0.5) is 0 Å². The maximum atomic E-state index is 12.1. The van der Waals surface area contributed by atoms with E-state index in [2.05, 4.69) is 17.4 Å². The van der Waals surface area contributed by atoms with Gasteiger partial charge in [0.05, 0.1) is 5.25 Å². The highest BCUT2D eigenvalue weighted by atomic mass is 35.5. The molecule has 0 radical (unpaired) electrons. The van der Waals surface area contributed by atoms with Crippen LogP contribution in [-0.2, 0) is 17.0 Å². The van der Waals surface area contributed by atoms with E-state index in [1.807, 2.05) is 49.4 Å². The van der Waals surface area contributed by atoms with E-state index in [0.29, 0.717) is 6.54 Å². The Morgan fingerprint density at radius 1 is 1.13 bits per heavy atom. The van der Waals surface area contributed by atoms with Crippen LogP contribution >= 0.6 is 23.4 Å². The summed E-state index contributed by atoms with van der Waals surface area (Å²) in [6.45, 7) is 2.64. The van der Waals surface area contributed by atoms with E-state index >= 15 is 0 Å². The molecule has 0 bridgehead atoms. The maximum Gasteiger partial charge on any atom is 0.232 e. The largest absolute Gasteiger partial charge is 0.355 e.